The molecule has 0 spiro atoms. The van der Waals surface area contributed by atoms with Crippen LogP contribution in [0.1, 0.15) is 11.6 Å². The average molecular weight is 323 g/mol. The van der Waals surface area contributed by atoms with Gasteiger partial charge in [0, 0.05) is 6.07 Å². The van der Waals surface area contributed by atoms with Crippen LogP contribution in [-0.2, 0) is 14.8 Å². The maximum absolute atomic E-state index is 12.2. The van der Waals surface area contributed by atoms with E-state index in [1.807, 2.05) is 0 Å². The summed E-state index contributed by atoms with van der Waals surface area (Å²) in [4.78, 5) is 11.0. The van der Waals surface area contributed by atoms with Gasteiger partial charge in [0.1, 0.15) is 6.04 Å². The van der Waals surface area contributed by atoms with Gasteiger partial charge in [0.25, 0.3) is 0 Å². The first-order valence-electron chi connectivity index (χ1n) is 6.13. The van der Waals surface area contributed by atoms with Gasteiger partial charge < -0.3 is 15.3 Å². The van der Waals surface area contributed by atoms with Crippen LogP contribution in [0, 0.1) is 0 Å². The molecular weight excluding hydrogens is 310 g/mol. The molecule has 2 rings (SSSR count). The lowest BCUT2D eigenvalue weighted by atomic mass is 10.1. The lowest BCUT2D eigenvalue weighted by Crippen LogP contribution is -2.33. The van der Waals surface area contributed by atoms with Gasteiger partial charge in [-0.1, -0.05) is 30.3 Å². The van der Waals surface area contributed by atoms with Crippen LogP contribution in [0.15, 0.2) is 53.4 Å². The molecule has 0 aliphatic heterocycles. The van der Waals surface area contributed by atoms with Gasteiger partial charge in [0.2, 0.25) is 10.0 Å². The van der Waals surface area contributed by atoms with Gasteiger partial charge >= 0.3 is 5.97 Å². The lowest BCUT2D eigenvalue weighted by molar-refractivity contribution is -0.139. The topological polar surface area (TPSA) is 124 Å². The quantitative estimate of drug-likeness (QED) is 0.613. The van der Waals surface area contributed by atoms with Crippen molar-refractivity contribution < 1.29 is 28.5 Å². The lowest BCUT2D eigenvalue weighted by Gasteiger charge is -2.15. The minimum atomic E-state index is -4.19. The molecule has 1 unspecified atom stereocenters. The fourth-order valence-electron chi connectivity index (χ4n) is 1.80. The number of hydrogen-bond acceptors (Lipinski definition) is 5. The molecule has 22 heavy (non-hydrogen) atoms. The van der Waals surface area contributed by atoms with E-state index in [0.29, 0.717) is 0 Å². The Labute approximate surface area is 126 Å². The third-order valence-electron chi connectivity index (χ3n) is 2.91. The first-order chi connectivity index (χ1) is 10.3. The van der Waals surface area contributed by atoms with Gasteiger partial charge in [-0.25, -0.2) is 8.42 Å². The number of rotatable bonds is 5. The fourth-order valence-corrected chi connectivity index (χ4v) is 3.00. The van der Waals surface area contributed by atoms with Crippen molar-refractivity contribution in [3.05, 3.63) is 54.1 Å². The van der Waals surface area contributed by atoms with Crippen LogP contribution in [-0.4, -0.2) is 29.7 Å². The number of phenols is 2. The monoisotopic (exact) mass is 323 g/mol. The molecule has 1 atom stereocenters. The van der Waals surface area contributed by atoms with E-state index in [1.165, 1.54) is 12.1 Å². The Bertz CT molecular complexity index is 788. The van der Waals surface area contributed by atoms with Gasteiger partial charge in [0.05, 0.1) is 4.90 Å². The third kappa shape index (κ3) is 3.35. The molecule has 0 fully saturated rings. The van der Waals surface area contributed by atoms with Crippen molar-refractivity contribution in [1.82, 2.24) is 4.72 Å². The summed E-state index contributed by atoms with van der Waals surface area (Å²) < 4.78 is 26.5. The van der Waals surface area contributed by atoms with Gasteiger partial charge in [0.15, 0.2) is 11.5 Å². The Morgan fingerprint density at radius 2 is 1.64 bits per heavy atom. The first-order valence-corrected chi connectivity index (χ1v) is 7.61. The van der Waals surface area contributed by atoms with E-state index in [-0.39, 0.29) is 10.5 Å². The van der Waals surface area contributed by atoms with Crippen LogP contribution in [0.2, 0.25) is 0 Å². The van der Waals surface area contributed by atoms with Gasteiger partial charge in [-0.3, -0.25) is 4.79 Å². The average Bonchev–Trinajstić information content (AvgIpc) is 2.48. The summed E-state index contributed by atoms with van der Waals surface area (Å²) >= 11 is 0. The number of aliphatic carboxylic acids is 1. The van der Waals surface area contributed by atoms with E-state index < -0.39 is 33.5 Å². The van der Waals surface area contributed by atoms with Crippen LogP contribution in [0.3, 0.4) is 0 Å². The molecular formula is C14H13NO6S. The Kier molecular flexibility index (Phi) is 4.34. The molecule has 116 valence electrons. The molecule has 0 radical (unpaired) electrons. The summed E-state index contributed by atoms with van der Waals surface area (Å²) in [6.07, 6.45) is 0. The van der Waals surface area contributed by atoms with Crippen LogP contribution >= 0.6 is 0 Å². The molecule has 0 heterocycles. The van der Waals surface area contributed by atoms with Crippen molar-refractivity contribution in [2.75, 3.05) is 0 Å². The minimum Gasteiger partial charge on any atom is -0.504 e. The predicted molar refractivity (Wildman–Crippen MR) is 76.9 cm³/mol. The summed E-state index contributed by atoms with van der Waals surface area (Å²) in [5.41, 5.74) is 0.265. The van der Waals surface area contributed by atoms with E-state index in [1.54, 1.807) is 18.2 Å². The minimum absolute atomic E-state index is 0.265. The molecule has 2 aromatic rings. The zero-order valence-electron chi connectivity index (χ0n) is 11.2. The first kappa shape index (κ1) is 15.8. The third-order valence-corrected chi connectivity index (χ3v) is 4.33. The van der Waals surface area contributed by atoms with Crippen LogP contribution < -0.4 is 4.72 Å². The molecule has 0 aliphatic rings. The summed E-state index contributed by atoms with van der Waals surface area (Å²) in [7, 11) is -4.19. The summed E-state index contributed by atoms with van der Waals surface area (Å²) in [5.74, 6) is -2.45. The zero-order chi connectivity index (χ0) is 16.3. The number of carboxylic acids is 1. The molecule has 4 N–H and O–H groups in total. The molecule has 2 aromatic carbocycles. The van der Waals surface area contributed by atoms with E-state index in [0.717, 1.165) is 18.2 Å². The van der Waals surface area contributed by atoms with Crippen LogP contribution in [0.4, 0.5) is 0 Å². The van der Waals surface area contributed by atoms with Gasteiger partial charge in [-0.05, 0) is 17.7 Å². The van der Waals surface area contributed by atoms with E-state index in [4.69, 9.17) is 0 Å². The number of aromatic hydroxyl groups is 2. The summed E-state index contributed by atoms with van der Waals surface area (Å²) in [5, 5.41) is 27.8. The largest absolute Gasteiger partial charge is 0.504 e. The Hall–Kier alpha value is -2.58. The van der Waals surface area contributed by atoms with Crippen LogP contribution in [0.5, 0.6) is 11.5 Å². The van der Waals surface area contributed by atoms with Gasteiger partial charge in [-0.15, -0.1) is 0 Å². The smallest absolute Gasteiger partial charge is 0.326 e. The molecule has 0 bridgehead atoms. The molecule has 0 amide bonds. The second-order valence-corrected chi connectivity index (χ2v) is 6.17. The maximum Gasteiger partial charge on any atom is 0.326 e. The number of hydrogen-bond donors (Lipinski definition) is 4. The zero-order valence-corrected chi connectivity index (χ0v) is 12.0. The highest BCUT2D eigenvalue weighted by Gasteiger charge is 2.27. The molecule has 7 nitrogen and oxygen atoms in total. The van der Waals surface area contributed by atoms with Crippen molar-refractivity contribution in [3.63, 3.8) is 0 Å². The molecule has 0 aliphatic carbocycles. The number of benzene rings is 2. The maximum atomic E-state index is 12.2. The number of carbonyl (C=O) groups is 1. The standard InChI is InChI=1S/C14H13NO6S/c16-11-7-6-10(8-12(11)17)22(20,21)15-13(14(18)19)9-4-2-1-3-5-9/h1-8,13,15-17H,(H,18,19). The molecule has 0 aromatic heterocycles. The number of carboxylic acid groups (broad SMARTS) is 1. The van der Waals surface area contributed by atoms with Crippen molar-refractivity contribution in [2.45, 2.75) is 10.9 Å². The Balaban J connectivity index is 2.36. The highest BCUT2D eigenvalue weighted by atomic mass is 32.2. The Morgan fingerprint density at radius 3 is 2.18 bits per heavy atom. The van der Waals surface area contributed by atoms with Crippen molar-refractivity contribution >= 4 is 16.0 Å². The van der Waals surface area contributed by atoms with Crippen molar-refractivity contribution in [3.8, 4) is 11.5 Å². The predicted octanol–water partition coefficient (Wildman–Crippen LogP) is 1.20. The Morgan fingerprint density at radius 1 is 1.00 bits per heavy atom. The van der Waals surface area contributed by atoms with Crippen molar-refractivity contribution in [1.29, 1.82) is 0 Å². The van der Waals surface area contributed by atoms with E-state index in [9.17, 15) is 28.5 Å². The number of nitrogens with one attached hydrogen (secondary N) is 1. The second kappa shape index (κ2) is 6.04. The number of sulfonamides is 1. The van der Waals surface area contributed by atoms with Crippen LogP contribution in [0.25, 0.3) is 0 Å². The molecule has 0 saturated heterocycles. The van der Waals surface area contributed by atoms with Gasteiger partial charge in [-0.2, -0.15) is 4.72 Å². The van der Waals surface area contributed by atoms with E-state index in [2.05, 4.69) is 4.72 Å². The SMILES string of the molecule is O=C(O)C(NS(=O)(=O)c1ccc(O)c(O)c1)c1ccccc1. The molecule has 0 saturated carbocycles. The summed E-state index contributed by atoms with van der Waals surface area (Å²) in [6.45, 7) is 0. The summed E-state index contributed by atoms with van der Waals surface area (Å²) in [6, 6.07) is 9.24. The molecule has 8 heteroatoms. The highest BCUT2D eigenvalue weighted by molar-refractivity contribution is 7.89. The van der Waals surface area contributed by atoms with E-state index >= 15 is 0 Å². The van der Waals surface area contributed by atoms with Crippen molar-refractivity contribution in [2.24, 2.45) is 0 Å². The normalized spacial score (nSPS) is 12.7. The number of phenolic OH excluding ortho intramolecular Hbond substituents is 2. The highest BCUT2D eigenvalue weighted by Crippen LogP contribution is 2.27. The fraction of sp³-hybridized carbons (Fsp3) is 0.0714. The second-order valence-electron chi connectivity index (χ2n) is 4.45.